The molecule has 0 aromatic carbocycles. The van der Waals surface area contributed by atoms with Crippen LogP contribution in [-0.2, 0) is 14.3 Å². The molecule has 0 spiro atoms. The highest BCUT2D eigenvalue weighted by atomic mass is 16.5. The van der Waals surface area contributed by atoms with Gasteiger partial charge in [0.2, 0.25) is 0 Å². The van der Waals surface area contributed by atoms with Crippen LogP contribution in [0.25, 0.3) is 0 Å². The minimum absolute atomic E-state index is 0.140. The van der Waals surface area contributed by atoms with Crippen molar-refractivity contribution < 1.29 is 19.1 Å². The number of ether oxygens (including phenoxy) is 1. The maximum atomic E-state index is 11.9. The Morgan fingerprint density at radius 1 is 1.42 bits per heavy atom. The zero-order chi connectivity index (χ0) is 14.6. The predicted octanol–water partition coefficient (Wildman–Crippen LogP) is -0.188. The zero-order valence-corrected chi connectivity index (χ0v) is 11.9. The summed E-state index contributed by atoms with van der Waals surface area (Å²) in [7, 11) is 1.74. The molecule has 0 bridgehead atoms. The Morgan fingerprint density at radius 3 is 2.53 bits per heavy atom. The molecule has 3 amide bonds. The molecule has 7 nitrogen and oxygen atoms in total. The SMILES string of the molecule is CCOC(=O)CN(C)CCN1C(=O)NC(C)(C)C1=O. The van der Waals surface area contributed by atoms with Gasteiger partial charge in [-0.15, -0.1) is 0 Å². The van der Waals surface area contributed by atoms with Crippen LogP contribution in [0.4, 0.5) is 4.79 Å². The number of nitrogens with one attached hydrogen (secondary N) is 1. The zero-order valence-electron chi connectivity index (χ0n) is 11.9. The van der Waals surface area contributed by atoms with E-state index in [0.717, 1.165) is 0 Å². The fourth-order valence-electron chi connectivity index (χ4n) is 1.80. The van der Waals surface area contributed by atoms with E-state index in [1.54, 1.807) is 32.7 Å². The average molecular weight is 271 g/mol. The van der Waals surface area contributed by atoms with Crippen LogP contribution in [0.5, 0.6) is 0 Å². The fourth-order valence-corrected chi connectivity index (χ4v) is 1.80. The Labute approximate surface area is 112 Å². The van der Waals surface area contributed by atoms with E-state index in [-0.39, 0.29) is 31.0 Å². The fraction of sp³-hybridized carbons (Fsp3) is 0.750. The van der Waals surface area contributed by atoms with E-state index >= 15 is 0 Å². The van der Waals surface area contributed by atoms with Crippen molar-refractivity contribution in [2.24, 2.45) is 0 Å². The van der Waals surface area contributed by atoms with Crippen molar-refractivity contribution in [2.45, 2.75) is 26.3 Å². The van der Waals surface area contributed by atoms with Crippen LogP contribution in [-0.4, -0.2) is 66.5 Å². The van der Waals surface area contributed by atoms with E-state index in [2.05, 4.69) is 5.32 Å². The molecule has 1 rings (SSSR count). The molecule has 0 saturated carbocycles. The minimum atomic E-state index is -0.850. The quantitative estimate of drug-likeness (QED) is 0.535. The molecule has 19 heavy (non-hydrogen) atoms. The Morgan fingerprint density at radius 2 is 2.05 bits per heavy atom. The lowest BCUT2D eigenvalue weighted by Gasteiger charge is -2.20. The van der Waals surface area contributed by atoms with Crippen LogP contribution >= 0.6 is 0 Å². The molecule has 1 N–H and O–H groups in total. The number of hydrogen-bond donors (Lipinski definition) is 1. The number of nitrogens with zero attached hydrogens (tertiary/aromatic N) is 2. The Kier molecular flexibility index (Phi) is 4.88. The summed E-state index contributed by atoms with van der Waals surface area (Å²) < 4.78 is 4.82. The first kappa shape index (κ1) is 15.4. The number of carbonyl (C=O) groups is 3. The number of esters is 1. The first-order valence-corrected chi connectivity index (χ1v) is 6.26. The van der Waals surface area contributed by atoms with Crippen LogP contribution in [0, 0.1) is 0 Å². The molecule has 0 aromatic rings. The Hall–Kier alpha value is -1.63. The minimum Gasteiger partial charge on any atom is -0.465 e. The third-order valence-electron chi connectivity index (χ3n) is 2.85. The molecule has 108 valence electrons. The summed E-state index contributed by atoms with van der Waals surface area (Å²) >= 11 is 0. The number of amides is 3. The highest BCUT2D eigenvalue weighted by molar-refractivity contribution is 6.06. The first-order valence-electron chi connectivity index (χ1n) is 6.26. The molecular weight excluding hydrogens is 250 g/mol. The Bertz CT molecular complexity index is 381. The van der Waals surface area contributed by atoms with E-state index in [9.17, 15) is 14.4 Å². The summed E-state index contributed by atoms with van der Waals surface area (Å²) in [5, 5.41) is 2.61. The molecule has 1 fully saturated rings. The van der Waals surface area contributed by atoms with Gasteiger partial charge in [-0.25, -0.2) is 4.79 Å². The van der Waals surface area contributed by atoms with Crippen molar-refractivity contribution in [1.82, 2.24) is 15.1 Å². The molecule has 1 aliphatic rings. The molecule has 0 aromatic heterocycles. The molecule has 1 heterocycles. The van der Waals surface area contributed by atoms with Gasteiger partial charge >= 0.3 is 12.0 Å². The van der Waals surface area contributed by atoms with Gasteiger partial charge in [-0.3, -0.25) is 19.4 Å². The molecule has 7 heteroatoms. The molecule has 1 aliphatic heterocycles. The van der Waals surface area contributed by atoms with Gasteiger partial charge in [0.1, 0.15) is 5.54 Å². The third-order valence-corrected chi connectivity index (χ3v) is 2.85. The van der Waals surface area contributed by atoms with E-state index in [4.69, 9.17) is 4.74 Å². The number of carbonyl (C=O) groups excluding carboxylic acids is 3. The lowest BCUT2D eigenvalue weighted by atomic mass is 10.1. The maximum absolute atomic E-state index is 11.9. The standard InChI is InChI=1S/C12H21N3O4/c1-5-19-9(16)8-14(4)6-7-15-10(17)12(2,3)13-11(15)18/h5-8H2,1-4H3,(H,13,18). The van der Waals surface area contributed by atoms with Crippen LogP contribution in [0.15, 0.2) is 0 Å². The predicted molar refractivity (Wildman–Crippen MR) is 68.5 cm³/mol. The summed E-state index contributed by atoms with van der Waals surface area (Å²) in [6.45, 7) is 6.23. The third kappa shape index (κ3) is 3.92. The van der Waals surface area contributed by atoms with Crippen LogP contribution in [0.2, 0.25) is 0 Å². The second-order valence-electron chi connectivity index (χ2n) is 5.05. The Balaban J connectivity index is 2.42. The molecule has 0 unspecified atom stereocenters. The molecule has 0 aliphatic carbocycles. The van der Waals surface area contributed by atoms with Crippen LogP contribution < -0.4 is 5.32 Å². The van der Waals surface area contributed by atoms with Gasteiger partial charge < -0.3 is 10.1 Å². The highest BCUT2D eigenvalue weighted by Crippen LogP contribution is 2.15. The van der Waals surface area contributed by atoms with Crippen molar-refractivity contribution >= 4 is 17.9 Å². The molecule has 0 radical (unpaired) electrons. The normalized spacial score (nSPS) is 17.8. The molecule has 1 saturated heterocycles. The largest absolute Gasteiger partial charge is 0.465 e. The van der Waals surface area contributed by atoms with Crippen molar-refractivity contribution in [3.05, 3.63) is 0 Å². The summed E-state index contributed by atoms with van der Waals surface area (Å²) in [6.07, 6.45) is 0. The molecular formula is C12H21N3O4. The van der Waals surface area contributed by atoms with Gasteiger partial charge in [0.05, 0.1) is 13.2 Å². The van der Waals surface area contributed by atoms with Gasteiger partial charge in [0.15, 0.2) is 0 Å². The number of imide groups is 1. The van der Waals surface area contributed by atoms with E-state index in [1.165, 1.54) is 4.90 Å². The van der Waals surface area contributed by atoms with Crippen molar-refractivity contribution in [3.63, 3.8) is 0 Å². The van der Waals surface area contributed by atoms with Gasteiger partial charge in [-0.1, -0.05) is 0 Å². The smallest absolute Gasteiger partial charge is 0.325 e. The summed E-state index contributed by atoms with van der Waals surface area (Å²) in [4.78, 5) is 37.7. The number of rotatable bonds is 6. The van der Waals surface area contributed by atoms with Gasteiger partial charge in [-0.05, 0) is 27.8 Å². The number of urea groups is 1. The van der Waals surface area contributed by atoms with E-state index in [1.807, 2.05) is 0 Å². The van der Waals surface area contributed by atoms with Gasteiger partial charge in [-0.2, -0.15) is 0 Å². The van der Waals surface area contributed by atoms with Crippen molar-refractivity contribution in [3.8, 4) is 0 Å². The average Bonchev–Trinajstić information content (AvgIpc) is 2.46. The van der Waals surface area contributed by atoms with E-state index < -0.39 is 5.54 Å². The highest BCUT2D eigenvalue weighted by Gasteiger charge is 2.43. The van der Waals surface area contributed by atoms with Crippen molar-refractivity contribution in [1.29, 1.82) is 0 Å². The van der Waals surface area contributed by atoms with E-state index in [0.29, 0.717) is 13.2 Å². The lowest BCUT2D eigenvalue weighted by Crippen LogP contribution is -2.42. The summed E-state index contributed by atoms with van der Waals surface area (Å²) in [5.41, 5.74) is -0.850. The molecule has 0 atom stereocenters. The van der Waals surface area contributed by atoms with Crippen LogP contribution in [0.1, 0.15) is 20.8 Å². The van der Waals surface area contributed by atoms with Gasteiger partial charge in [0.25, 0.3) is 5.91 Å². The van der Waals surface area contributed by atoms with Gasteiger partial charge in [0, 0.05) is 13.1 Å². The second-order valence-corrected chi connectivity index (χ2v) is 5.05. The maximum Gasteiger partial charge on any atom is 0.325 e. The topological polar surface area (TPSA) is 79.0 Å². The first-order chi connectivity index (χ1) is 8.77. The number of hydrogen-bond acceptors (Lipinski definition) is 5. The number of likely N-dealkylation sites (N-methyl/N-ethyl adjacent to an activating group) is 1. The second kappa shape index (κ2) is 6.01. The lowest BCUT2D eigenvalue weighted by molar-refractivity contribution is -0.144. The summed E-state index contributed by atoms with van der Waals surface area (Å²) in [6, 6.07) is -0.389. The summed E-state index contributed by atoms with van der Waals surface area (Å²) in [5.74, 6) is -0.565. The monoisotopic (exact) mass is 271 g/mol. The van der Waals surface area contributed by atoms with Crippen molar-refractivity contribution in [2.75, 3.05) is 33.3 Å². The van der Waals surface area contributed by atoms with Crippen LogP contribution in [0.3, 0.4) is 0 Å².